The molecule has 7 nitrogen and oxygen atoms in total. The van der Waals surface area contributed by atoms with E-state index in [-0.39, 0.29) is 23.3 Å². The molecule has 0 aromatic heterocycles. The van der Waals surface area contributed by atoms with Gasteiger partial charge < -0.3 is 10.6 Å². The number of sulfonamides is 1. The molecule has 8 heteroatoms. The largest absolute Gasteiger partial charge is 0.353 e. The molecule has 0 aliphatic carbocycles. The van der Waals surface area contributed by atoms with E-state index in [0.717, 1.165) is 12.0 Å². The number of carbonyl (C=O) groups is 2. The van der Waals surface area contributed by atoms with E-state index in [1.807, 2.05) is 25.1 Å². The van der Waals surface area contributed by atoms with E-state index in [4.69, 9.17) is 0 Å². The summed E-state index contributed by atoms with van der Waals surface area (Å²) in [4.78, 5) is 23.6. The van der Waals surface area contributed by atoms with Crippen LogP contribution in [0.1, 0.15) is 27.9 Å². The number of amides is 2. The van der Waals surface area contributed by atoms with Crippen LogP contribution in [0.4, 0.5) is 0 Å². The summed E-state index contributed by atoms with van der Waals surface area (Å²) in [6, 6.07) is 14.0. The molecule has 2 amide bonds. The molecule has 0 aliphatic heterocycles. The molecule has 0 radical (unpaired) electrons. The highest BCUT2D eigenvalue weighted by Gasteiger charge is 2.20. The van der Waals surface area contributed by atoms with Crippen LogP contribution in [0.15, 0.2) is 66.1 Å². The number of benzene rings is 2. The third kappa shape index (κ3) is 7.34. The van der Waals surface area contributed by atoms with Crippen LogP contribution in [0.25, 0.3) is 0 Å². The highest BCUT2D eigenvalue weighted by atomic mass is 32.2. The number of nitrogens with zero attached hydrogens (tertiary/aromatic N) is 1. The van der Waals surface area contributed by atoms with Crippen LogP contribution >= 0.6 is 0 Å². The first kappa shape index (κ1) is 24.3. The third-order valence-corrected chi connectivity index (χ3v) is 6.61. The minimum atomic E-state index is -3.68. The molecule has 0 fully saturated rings. The van der Waals surface area contributed by atoms with Crippen LogP contribution < -0.4 is 10.6 Å². The van der Waals surface area contributed by atoms with Gasteiger partial charge in [0.15, 0.2) is 0 Å². The molecular weight excluding hydrogens is 414 g/mol. The number of hydrogen-bond donors (Lipinski definition) is 2. The van der Waals surface area contributed by atoms with Crippen molar-refractivity contribution in [1.29, 1.82) is 0 Å². The van der Waals surface area contributed by atoms with Crippen LogP contribution in [0.3, 0.4) is 0 Å². The molecule has 31 heavy (non-hydrogen) atoms. The van der Waals surface area contributed by atoms with Gasteiger partial charge in [0.25, 0.3) is 5.91 Å². The van der Waals surface area contributed by atoms with Gasteiger partial charge in [-0.1, -0.05) is 36.4 Å². The predicted octanol–water partition coefficient (Wildman–Crippen LogP) is 2.28. The first-order valence-corrected chi connectivity index (χ1v) is 11.5. The van der Waals surface area contributed by atoms with Crippen molar-refractivity contribution in [2.45, 2.75) is 24.7 Å². The van der Waals surface area contributed by atoms with Crippen molar-refractivity contribution in [2.24, 2.45) is 0 Å². The van der Waals surface area contributed by atoms with Gasteiger partial charge in [0, 0.05) is 32.2 Å². The van der Waals surface area contributed by atoms with Gasteiger partial charge in [0.05, 0.1) is 4.90 Å². The lowest BCUT2D eigenvalue weighted by atomic mass is 10.1. The smallest absolute Gasteiger partial charge is 0.251 e. The molecular formula is C23H29N3O4S. The maximum Gasteiger partial charge on any atom is 0.251 e. The summed E-state index contributed by atoms with van der Waals surface area (Å²) in [5.74, 6) is -0.541. The first-order chi connectivity index (χ1) is 14.7. The van der Waals surface area contributed by atoms with Crippen LogP contribution in [-0.2, 0) is 21.2 Å². The number of carbonyl (C=O) groups excluding carboxylic acids is 2. The minimum Gasteiger partial charge on any atom is -0.353 e. The van der Waals surface area contributed by atoms with Crippen LogP contribution in [0.5, 0.6) is 0 Å². The van der Waals surface area contributed by atoms with Gasteiger partial charge in [-0.15, -0.1) is 0 Å². The van der Waals surface area contributed by atoms with E-state index in [1.54, 1.807) is 0 Å². The van der Waals surface area contributed by atoms with Gasteiger partial charge in [-0.05, 0) is 55.7 Å². The molecule has 2 rings (SSSR count). The number of aryl methyl sites for hydroxylation is 1. The minimum absolute atomic E-state index is 0.112. The number of nitrogens with one attached hydrogen (secondary N) is 2. The fourth-order valence-electron chi connectivity index (χ4n) is 2.95. The SMILES string of the molecule is C=CC(=O)NCCCN(C)S(=O)(=O)c1ccc(C(=O)NCCc2cccc(C)c2)cc1. The molecule has 2 N–H and O–H groups in total. The summed E-state index contributed by atoms with van der Waals surface area (Å²) in [5.41, 5.74) is 2.72. The highest BCUT2D eigenvalue weighted by Crippen LogP contribution is 2.15. The van der Waals surface area contributed by atoms with Crippen molar-refractivity contribution < 1.29 is 18.0 Å². The van der Waals surface area contributed by atoms with Crippen molar-refractivity contribution in [3.05, 3.63) is 77.9 Å². The third-order valence-electron chi connectivity index (χ3n) is 4.74. The van der Waals surface area contributed by atoms with Gasteiger partial charge in [-0.3, -0.25) is 9.59 Å². The Morgan fingerprint density at radius 2 is 1.77 bits per heavy atom. The summed E-state index contributed by atoms with van der Waals surface area (Å²) in [6.45, 7) is 6.48. The zero-order valence-electron chi connectivity index (χ0n) is 17.9. The topological polar surface area (TPSA) is 95.6 Å². The molecule has 0 saturated heterocycles. The fraction of sp³-hybridized carbons (Fsp3) is 0.304. The molecule has 166 valence electrons. The Morgan fingerprint density at radius 1 is 1.06 bits per heavy atom. The Kier molecular flexibility index (Phi) is 8.96. The van der Waals surface area contributed by atoms with Crippen molar-refractivity contribution in [1.82, 2.24) is 14.9 Å². The van der Waals surface area contributed by atoms with E-state index < -0.39 is 10.0 Å². The maximum atomic E-state index is 12.7. The second-order valence-electron chi connectivity index (χ2n) is 7.19. The van der Waals surface area contributed by atoms with Gasteiger partial charge in [-0.2, -0.15) is 0 Å². The Bertz CT molecular complexity index is 1020. The Labute approximate surface area is 184 Å². The lowest BCUT2D eigenvalue weighted by Crippen LogP contribution is -2.31. The Hall–Kier alpha value is -2.97. The monoisotopic (exact) mass is 443 g/mol. The van der Waals surface area contributed by atoms with Crippen LogP contribution in [-0.4, -0.2) is 51.2 Å². The highest BCUT2D eigenvalue weighted by molar-refractivity contribution is 7.89. The predicted molar refractivity (Wildman–Crippen MR) is 121 cm³/mol. The van der Waals surface area contributed by atoms with E-state index >= 15 is 0 Å². The lowest BCUT2D eigenvalue weighted by Gasteiger charge is -2.17. The lowest BCUT2D eigenvalue weighted by molar-refractivity contribution is -0.116. The average Bonchev–Trinajstić information content (AvgIpc) is 2.76. The number of rotatable bonds is 11. The average molecular weight is 444 g/mol. The molecule has 0 aliphatic rings. The van der Waals surface area contributed by atoms with Crippen molar-refractivity contribution >= 4 is 21.8 Å². The summed E-state index contributed by atoms with van der Waals surface area (Å²) >= 11 is 0. The Morgan fingerprint density at radius 3 is 2.42 bits per heavy atom. The van der Waals surface area contributed by atoms with Gasteiger partial charge in [0.2, 0.25) is 15.9 Å². The van der Waals surface area contributed by atoms with Gasteiger partial charge >= 0.3 is 0 Å². The van der Waals surface area contributed by atoms with E-state index in [0.29, 0.717) is 25.1 Å². The van der Waals surface area contributed by atoms with E-state index in [2.05, 4.69) is 23.3 Å². The summed E-state index contributed by atoms with van der Waals surface area (Å²) in [7, 11) is -2.19. The molecule has 0 unspecified atom stereocenters. The normalized spacial score (nSPS) is 11.2. The van der Waals surface area contributed by atoms with Gasteiger partial charge in [-0.25, -0.2) is 12.7 Å². The second kappa shape index (κ2) is 11.4. The molecule has 0 bridgehead atoms. The van der Waals surface area contributed by atoms with E-state index in [1.165, 1.54) is 47.3 Å². The maximum absolute atomic E-state index is 12.7. The molecule has 0 atom stereocenters. The zero-order chi connectivity index (χ0) is 22.9. The molecule has 2 aromatic carbocycles. The quantitative estimate of drug-likeness (QED) is 0.411. The van der Waals surface area contributed by atoms with Gasteiger partial charge in [0.1, 0.15) is 0 Å². The summed E-state index contributed by atoms with van der Waals surface area (Å²) < 4.78 is 26.6. The summed E-state index contributed by atoms with van der Waals surface area (Å²) in [6.07, 6.45) is 2.36. The standard InChI is InChI=1S/C23H29N3O4S/c1-4-22(27)24-14-6-16-26(3)31(29,30)21-11-9-20(10-12-21)23(28)25-15-13-19-8-5-7-18(2)17-19/h4-5,7-12,17H,1,6,13-16H2,2-3H3,(H,24,27)(H,25,28). The molecule has 0 heterocycles. The summed E-state index contributed by atoms with van der Waals surface area (Å²) in [5, 5.41) is 5.46. The Balaban J connectivity index is 1.88. The molecule has 0 spiro atoms. The van der Waals surface area contributed by atoms with E-state index in [9.17, 15) is 18.0 Å². The molecule has 0 saturated carbocycles. The zero-order valence-corrected chi connectivity index (χ0v) is 18.7. The second-order valence-corrected chi connectivity index (χ2v) is 9.24. The van der Waals surface area contributed by atoms with Crippen LogP contribution in [0.2, 0.25) is 0 Å². The fourth-order valence-corrected chi connectivity index (χ4v) is 4.16. The van der Waals surface area contributed by atoms with Crippen molar-refractivity contribution in [3.8, 4) is 0 Å². The van der Waals surface area contributed by atoms with Crippen molar-refractivity contribution in [3.63, 3.8) is 0 Å². The number of hydrogen-bond acceptors (Lipinski definition) is 4. The van der Waals surface area contributed by atoms with Crippen molar-refractivity contribution in [2.75, 3.05) is 26.7 Å². The molecule has 2 aromatic rings. The first-order valence-electron chi connectivity index (χ1n) is 10.0. The van der Waals surface area contributed by atoms with Crippen LogP contribution in [0, 0.1) is 6.92 Å².